The molecule has 0 radical (unpaired) electrons. The fourth-order valence-electron chi connectivity index (χ4n) is 2.02. The van der Waals surface area contributed by atoms with Crippen LogP contribution in [0.5, 0.6) is 0 Å². The highest BCUT2D eigenvalue weighted by Crippen LogP contribution is 2.36. The van der Waals surface area contributed by atoms with Gasteiger partial charge in [-0.1, -0.05) is 0 Å². The van der Waals surface area contributed by atoms with Crippen molar-refractivity contribution >= 4 is 0 Å². The molecule has 1 aromatic rings. The van der Waals surface area contributed by atoms with Gasteiger partial charge in [0.25, 0.3) is 0 Å². The predicted octanol–water partition coefficient (Wildman–Crippen LogP) is 2.23. The number of aliphatic hydroxyl groups is 1. The second kappa shape index (κ2) is 4.37. The molecule has 2 heterocycles. The van der Waals surface area contributed by atoms with Gasteiger partial charge in [0.1, 0.15) is 17.1 Å². The smallest absolute Gasteiger partial charge is 0.135 e. The summed E-state index contributed by atoms with van der Waals surface area (Å²) in [6, 6.07) is 3.98. The molecule has 84 valence electrons. The highest BCUT2D eigenvalue weighted by Gasteiger charge is 2.34. The Morgan fingerprint density at radius 1 is 1.47 bits per heavy atom. The molecular weight excluding hydrogens is 192 g/mol. The molecule has 1 aliphatic heterocycles. The van der Waals surface area contributed by atoms with Crippen LogP contribution in [0.25, 0.3) is 0 Å². The monoisotopic (exact) mass is 210 g/mol. The van der Waals surface area contributed by atoms with Gasteiger partial charge in [-0.2, -0.15) is 0 Å². The van der Waals surface area contributed by atoms with Crippen molar-refractivity contribution in [3.05, 3.63) is 23.7 Å². The van der Waals surface area contributed by atoms with Crippen molar-refractivity contribution in [3.8, 4) is 0 Å². The third-order valence-electron chi connectivity index (χ3n) is 2.98. The molecular formula is C12H18O3. The minimum atomic E-state index is -0.225. The van der Waals surface area contributed by atoms with Crippen LogP contribution >= 0.6 is 0 Å². The molecule has 3 nitrogen and oxygen atoms in total. The lowest BCUT2D eigenvalue weighted by molar-refractivity contribution is -0.00167. The first-order chi connectivity index (χ1) is 7.24. The van der Waals surface area contributed by atoms with Gasteiger partial charge in [-0.25, -0.2) is 0 Å². The molecule has 1 unspecified atom stereocenters. The standard InChI is InChI=1S/C12H18O3/c1-12(7-3-9-14-12)11-6-5-10(15-11)4-2-8-13/h5-6,13H,2-4,7-9H2,1H3. The van der Waals surface area contributed by atoms with Gasteiger partial charge < -0.3 is 14.3 Å². The van der Waals surface area contributed by atoms with Crippen LogP contribution in [-0.4, -0.2) is 18.3 Å². The van der Waals surface area contributed by atoms with E-state index >= 15 is 0 Å². The molecule has 0 bridgehead atoms. The summed E-state index contributed by atoms with van der Waals surface area (Å²) in [5.41, 5.74) is -0.225. The highest BCUT2D eigenvalue weighted by atomic mass is 16.5. The number of hydrogen-bond donors (Lipinski definition) is 1. The molecule has 1 atom stereocenters. The Morgan fingerprint density at radius 3 is 3.00 bits per heavy atom. The summed E-state index contributed by atoms with van der Waals surface area (Å²) in [6.07, 6.45) is 3.68. The second-order valence-corrected chi connectivity index (χ2v) is 4.28. The molecule has 3 heteroatoms. The second-order valence-electron chi connectivity index (χ2n) is 4.28. The molecule has 1 aliphatic rings. The van der Waals surface area contributed by atoms with E-state index in [1.807, 2.05) is 12.1 Å². The van der Waals surface area contributed by atoms with Crippen LogP contribution in [0.4, 0.5) is 0 Å². The van der Waals surface area contributed by atoms with Crippen LogP contribution in [0.3, 0.4) is 0 Å². The first kappa shape index (κ1) is 10.7. The number of aryl methyl sites for hydroxylation is 1. The number of hydrogen-bond acceptors (Lipinski definition) is 3. The predicted molar refractivity (Wildman–Crippen MR) is 56.7 cm³/mol. The molecule has 1 saturated heterocycles. The van der Waals surface area contributed by atoms with Crippen LogP contribution in [0.1, 0.15) is 37.7 Å². The van der Waals surface area contributed by atoms with Gasteiger partial charge in [0.15, 0.2) is 0 Å². The zero-order valence-corrected chi connectivity index (χ0v) is 9.16. The summed E-state index contributed by atoms with van der Waals surface area (Å²) in [5.74, 6) is 1.86. The summed E-state index contributed by atoms with van der Waals surface area (Å²) in [6.45, 7) is 3.11. The van der Waals surface area contributed by atoms with Gasteiger partial charge in [0.05, 0.1) is 0 Å². The molecule has 0 saturated carbocycles. The topological polar surface area (TPSA) is 42.6 Å². The minimum absolute atomic E-state index is 0.212. The van der Waals surface area contributed by atoms with Crippen molar-refractivity contribution in [1.29, 1.82) is 0 Å². The number of ether oxygens (including phenoxy) is 1. The summed E-state index contributed by atoms with van der Waals surface area (Å²) in [4.78, 5) is 0. The van der Waals surface area contributed by atoms with E-state index in [4.69, 9.17) is 14.3 Å². The van der Waals surface area contributed by atoms with Gasteiger partial charge in [-0.3, -0.25) is 0 Å². The van der Waals surface area contributed by atoms with Gasteiger partial charge in [0.2, 0.25) is 0 Å². The van der Waals surface area contributed by atoms with E-state index < -0.39 is 0 Å². The Bertz CT molecular complexity index is 310. The first-order valence-electron chi connectivity index (χ1n) is 5.59. The molecule has 0 aliphatic carbocycles. The lowest BCUT2D eigenvalue weighted by Gasteiger charge is -2.19. The third kappa shape index (κ3) is 2.24. The number of aliphatic hydroxyl groups excluding tert-OH is 1. The Hall–Kier alpha value is -0.800. The van der Waals surface area contributed by atoms with E-state index in [1.54, 1.807) is 0 Å². The van der Waals surface area contributed by atoms with Gasteiger partial charge in [-0.15, -0.1) is 0 Å². The maximum Gasteiger partial charge on any atom is 0.135 e. The summed E-state index contributed by atoms with van der Waals surface area (Å²) >= 11 is 0. The molecule has 2 rings (SSSR count). The number of furan rings is 1. The lowest BCUT2D eigenvalue weighted by Crippen LogP contribution is -2.18. The summed E-state index contributed by atoms with van der Waals surface area (Å²) < 4.78 is 11.4. The summed E-state index contributed by atoms with van der Waals surface area (Å²) in [7, 11) is 0. The average molecular weight is 210 g/mol. The van der Waals surface area contributed by atoms with Gasteiger partial charge in [-0.05, 0) is 38.3 Å². The van der Waals surface area contributed by atoms with E-state index in [1.165, 1.54) is 0 Å². The highest BCUT2D eigenvalue weighted by molar-refractivity contribution is 5.14. The van der Waals surface area contributed by atoms with Crippen molar-refractivity contribution < 1.29 is 14.3 Å². The SMILES string of the molecule is CC1(c2ccc(CCCO)o2)CCCO1. The fourth-order valence-corrected chi connectivity index (χ4v) is 2.02. The van der Waals surface area contributed by atoms with Crippen molar-refractivity contribution in [1.82, 2.24) is 0 Å². The van der Waals surface area contributed by atoms with Gasteiger partial charge in [0, 0.05) is 19.6 Å². The molecule has 1 N–H and O–H groups in total. The maximum atomic E-state index is 8.73. The quantitative estimate of drug-likeness (QED) is 0.828. The average Bonchev–Trinajstić information content (AvgIpc) is 2.84. The minimum Gasteiger partial charge on any atom is -0.463 e. The van der Waals surface area contributed by atoms with Crippen LogP contribution in [-0.2, 0) is 16.8 Å². The van der Waals surface area contributed by atoms with E-state index in [0.717, 1.165) is 43.8 Å². The van der Waals surface area contributed by atoms with Crippen LogP contribution in [0.2, 0.25) is 0 Å². The fraction of sp³-hybridized carbons (Fsp3) is 0.667. The largest absolute Gasteiger partial charge is 0.463 e. The Labute approximate surface area is 90.0 Å². The third-order valence-corrected chi connectivity index (χ3v) is 2.98. The summed E-state index contributed by atoms with van der Waals surface area (Å²) in [5, 5.41) is 8.73. The van der Waals surface area contributed by atoms with Crippen molar-refractivity contribution in [2.75, 3.05) is 13.2 Å². The molecule has 1 fully saturated rings. The lowest BCUT2D eigenvalue weighted by atomic mass is 10.0. The molecule has 15 heavy (non-hydrogen) atoms. The van der Waals surface area contributed by atoms with Crippen LogP contribution in [0.15, 0.2) is 16.5 Å². The van der Waals surface area contributed by atoms with Crippen molar-refractivity contribution in [2.24, 2.45) is 0 Å². The van der Waals surface area contributed by atoms with E-state index in [0.29, 0.717) is 0 Å². The van der Waals surface area contributed by atoms with Crippen LogP contribution < -0.4 is 0 Å². The van der Waals surface area contributed by atoms with Gasteiger partial charge >= 0.3 is 0 Å². The normalized spacial score (nSPS) is 26.0. The maximum absolute atomic E-state index is 8.73. The molecule has 0 spiro atoms. The molecule has 1 aromatic heterocycles. The zero-order valence-electron chi connectivity index (χ0n) is 9.16. The van der Waals surface area contributed by atoms with E-state index in [9.17, 15) is 0 Å². The Balaban J connectivity index is 2.05. The van der Waals surface area contributed by atoms with Crippen molar-refractivity contribution in [2.45, 2.75) is 38.2 Å². The van der Waals surface area contributed by atoms with Crippen molar-refractivity contribution in [3.63, 3.8) is 0 Å². The zero-order chi connectivity index (χ0) is 10.7. The molecule has 0 amide bonds. The number of rotatable bonds is 4. The van der Waals surface area contributed by atoms with Crippen LogP contribution in [0, 0.1) is 0 Å². The Kier molecular flexibility index (Phi) is 3.12. The van der Waals surface area contributed by atoms with E-state index in [-0.39, 0.29) is 12.2 Å². The molecule has 0 aromatic carbocycles. The Morgan fingerprint density at radius 2 is 2.33 bits per heavy atom. The van der Waals surface area contributed by atoms with E-state index in [2.05, 4.69) is 6.92 Å². The first-order valence-corrected chi connectivity index (χ1v) is 5.59.